The van der Waals surface area contributed by atoms with E-state index in [1.54, 1.807) is 0 Å². The Labute approximate surface area is 105 Å². The molecule has 0 aliphatic heterocycles. The number of aromatic nitrogens is 1. The van der Waals surface area contributed by atoms with Crippen LogP contribution in [0.4, 0.5) is 0 Å². The van der Waals surface area contributed by atoms with E-state index >= 15 is 0 Å². The minimum Gasteiger partial charge on any atom is -0.312 e. The zero-order valence-corrected chi connectivity index (χ0v) is 11.3. The Morgan fingerprint density at radius 1 is 1.29 bits per heavy atom. The second kappa shape index (κ2) is 5.63. The summed E-state index contributed by atoms with van der Waals surface area (Å²) in [5, 5.41) is 3.51. The van der Waals surface area contributed by atoms with Crippen LogP contribution in [0.2, 0.25) is 0 Å². The minimum absolute atomic E-state index is 0.709. The van der Waals surface area contributed by atoms with E-state index in [2.05, 4.69) is 32.2 Å². The largest absolute Gasteiger partial charge is 0.312 e. The van der Waals surface area contributed by atoms with Crippen LogP contribution in [0.15, 0.2) is 6.07 Å². The second-order valence-electron chi connectivity index (χ2n) is 5.57. The van der Waals surface area contributed by atoms with Crippen molar-refractivity contribution in [3.63, 3.8) is 0 Å². The quantitative estimate of drug-likeness (QED) is 0.863. The topological polar surface area (TPSA) is 24.9 Å². The third-order valence-corrected chi connectivity index (χ3v) is 3.46. The molecule has 0 fully saturated rings. The highest BCUT2D eigenvalue weighted by Gasteiger charge is 2.12. The van der Waals surface area contributed by atoms with Crippen LogP contribution in [-0.4, -0.2) is 11.5 Å². The van der Waals surface area contributed by atoms with Crippen molar-refractivity contribution in [1.29, 1.82) is 0 Å². The number of nitrogens with zero attached hydrogens (tertiary/aromatic N) is 1. The van der Waals surface area contributed by atoms with Gasteiger partial charge in [-0.15, -0.1) is 0 Å². The van der Waals surface area contributed by atoms with Crippen molar-refractivity contribution in [3.8, 4) is 0 Å². The van der Waals surface area contributed by atoms with Crippen LogP contribution in [0.5, 0.6) is 0 Å². The predicted molar refractivity (Wildman–Crippen MR) is 72.2 cm³/mol. The zero-order chi connectivity index (χ0) is 12.3. The number of fused-ring (bicyclic) bond motifs is 1. The summed E-state index contributed by atoms with van der Waals surface area (Å²) < 4.78 is 0. The lowest BCUT2D eigenvalue weighted by molar-refractivity contribution is 0.549. The molecule has 94 valence electrons. The SMILES string of the molecule is Cc1nc2c(cc1CNCC(C)C)CCCC2. The molecule has 2 nitrogen and oxygen atoms in total. The third-order valence-electron chi connectivity index (χ3n) is 3.46. The molecule has 0 unspecified atom stereocenters. The molecule has 1 heterocycles. The highest BCUT2D eigenvalue weighted by molar-refractivity contribution is 5.31. The monoisotopic (exact) mass is 232 g/mol. The summed E-state index contributed by atoms with van der Waals surface area (Å²) in [5.41, 5.74) is 5.43. The van der Waals surface area contributed by atoms with Crippen molar-refractivity contribution in [1.82, 2.24) is 10.3 Å². The van der Waals surface area contributed by atoms with Gasteiger partial charge in [-0.3, -0.25) is 4.98 Å². The number of aryl methyl sites for hydroxylation is 3. The van der Waals surface area contributed by atoms with Crippen LogP contribution >= 0.6 is 0 Å². The molecule has 0 radical (unpaired) electrons. The molecule has 2 rings (SSSR count). The van der Waals surface area contributed by atoms with E-state index in [9.17, 15) is 0 Å². The Hall–Kier alpha value is -0.890. The van der Waals surface area contributed by atoms with E-state index in [1.165, 1.54) is 48.2 Å². The predicted octanol–water partition coefficient (Wildman–Crippen LogP) is 3.01. The Kier molecular flexibility index (Phi) is 4.16. The van der Waals surface area contributed by atoms with E-state index in [4.69, 9.17) is 4.98 Å². The first-order valence-electron chi connectivity index (χ1n) is 6.86. The van der Waals surface area contributed by atoms with Crippen LogP contribution in [-0.2, 0) is 19.4 Å². The van der Waals surface area contributed by atoms with E-state index in [1.807, 2.05) is 0 Å². The molecule has 1 N–H and O–H groups in total. The van der Waals surface area contributed by atoms with Gasteiger partial charge in [0, 0.05) is 17.9 Å². The summed E-state index contributed by atoms with van der Waals surface area (Å²) >= 11 is 0. The van der Waals surface area contributed by atoms with Gasteiger partial charge in [0.15, 0.2) is 0 Å². The second-order valence-corrected chi connectivity index (χ2v) is 5.57. The molecule has 0 atom stereocenters. The number of nitrogens with one attached hydrogen (secondary N) is 1. The van der Waals surface area contributed by atoms with Crippen molar-refractivity contribution in [2.45, 2.75) is 53.0 Å². The molecule has 0 saturated heterocycles. The molecule has 0 spiro atoms. The minimum atomic E-state index is 0.709. The van der Waals surface area contributed by atoms with Gasteiger partial charge in [-0.2, -0.15) is 0 Å². The van der Waals surface area contributed by atoms with Crippen molar-refractivity contribution >= 4 is 0 Å². The van der Waals surface area contributed by atoms with Crippen molar-refractivity contribution in [3.05, 3.63) is 28.6 Å². The van der Waals surface area contributed by atoms with Crippen LogP contribution in [0.3, 0.4) is 0 Å². The van der Waals surface area contributed by atoms with Gasteiger partial charge in [-0.25, -0.2) is 0 Å². The summed E-state index contributed by atoms with van der Waals surface area (Å²) in [7, 11) is 0. The zero-order valence-electron chi connectivity index (χ0n) is 11.3. The average Bonchev–Trinajstić information content (AvgIpc) is 2.29. The van der Waals surface area contributed by atoms with Gasteiger partial charge in [0.2, 0.25) is 0 Å². The first-order valence-corrected chi connectivity index (χ1v) is 6.86. The fraction of sp³-hybridized carbons (Fsp3) is 0.667. The average molecular weight is 232 g/mol. The van der Waals surface area contributed by atoms with Crippen molar-refractivity contribution in [2.24, 2.45) is 5.92 Å². The molecule has 1 aliphatic rings. The number of rotatable bonds is 4. The van der Waals surface area contributed by atoms with E-state index in [-0.39, 0.29) is 0 Å². The molecule has 0 amide bonds. The maximum atomic E-state index is 4.77. The molecule has 0 aromatic carbocycles. The summed E-state index contributed by atoms with van der Waals surface area (Å²) in [5.74, 6) is 0.709. The molecule has 17 heavy (non-hydrogen) atoms. The molecular weight excluding hydrogens is 208 g/mol. The number of hydrogen-bond donors (Lipinski definition) is 1. The Bertz CT molecular complexity index is 383. The molecule has 1 aromatic heterocycles. The lowest BCUT2D eigenvalue weighted by atomic mass is 9.94. The Balaban J connectivity index is 2.06. The van der Waals surface area contributed by atoms with Crippen LogP contribution in [0.1, 0.15) is 49.2 Å². The maximum Gasteiger partial charge on any atom is 0.0438 e. The van der Waals surface area contributed by atoms with Crippen LogP contribution < -0.4 is 5.32 Å². The molecular formula is C15H24N2. The van der Waals surface area contributed by atoms with Crippen molar-refractivity contribution in [2.75, 3.05) is 6.54 Å². The Morgan fingerprint density at radius 2 is 2.06 bits per heavy atom. The normalized spacial score (nSPS) is 15.1. The molecule has 0 bridgehead atoms. The van der Waals surface area contributed by atoms with E-state index < -0.39 is 0 Å². The van der Waals surface area contributed by atoms with Gasteiger partial charge < -0.3 is 5.32 Å². The Morgan fingerprint density at radius 3 is 2.82 bits per heavy atom. The summed E-state index contributed by atoms with van der Waals surface area (Å²) in [6, 6.07) is 2.38. The lowest BCUT2D eigenvalue weighted by Crippen LogP contribution is -2.20. The first-order chi connectivity index (χ1) is 8.16. The van der Waals surface area contributed by atoms with Crippen molar-refractivity contribution < 1.29 is 0 Å². The number of hydrogen-bond acceptors (Lipinski definition) is 2. The summed E-state index contributed by atoms with van der Waals surface area (Å²) in [6.45, 7) is 8.66. The maximum absolute atomic E-state index is 4.77. The third kappa shape index (κ3) is 3.29. The first kappa shape index (κ1) is 12.6. The number of pyridine rings is 1. The molecule has 0 saturated carbocycles. The van der Waals surface area contributed by atoms with Crippen LogP contribution in [0, 0.1) is 12.8 Å². The smallest absolute Gasteiger partial charge is 0.0438 e. The van der Waals surface area contributed by atoms with Gasteiger partial charge in [0.25, 0.3) is 0 Å². The van der Waals surface area contributed by atoms with E-state index in [0.29, 0.717) is 5.92 Å². The van der Waals surface area contributed by atoms with Gasteiger partial charge in [-0.05, 0) is 56.2 Å². The molecule has 1 aromatic rings. The van der Waals surface area contributed by atoms with Crippen LogP contribution in [0.25, 0.3) is 0 Å². The molecule has 1 aliphatic carbocycles. The fourth-order valence-corrected chi connectivity index (χ4v) is 2.46. The standard InChI is InChI=1S/C15H24N2/c1-11(2)9-16-10-14-8-13-6-4-5-7-15(13)17-12(14)3/h8,11,16H,4-7,9-10H2,1-3H3. The molecule has 2 heteroatoms. The lowest BCUT2D eigenvalue weighted by Gasteiger charge is -2.18. The highest BCUT2D eigenvalue weighted by atomic mass is 14.9. The summed E-state index contributed by atoms with van der Waals surface area (Å²) in [4.78, 5) is 4.77. The summed E-state index contributed by atoms with van der Waals surface area (Å²) in [6.07, 6.45) is 5.04. The van der Waals surface area contributed by atoms with Gasteiger partial charge in [0.05, 0.1) is 0 Å². The fourth-order valence-electron chi connectivity index (χ4n) is 2.46. The highest BCUT2D eigenvalue weighted by Crippen LogP contribution is 2.21. The van der Waals surface area contributed by atoms with E-state index in [0.717, 1.165) is 13.1 Å². The van der Waals surface area contributed by atoms with Gasteiger partial charge in [0.1, 0.15) is 0 Å². The van der Waals surface area contributed by atoms with Gasteiger partial charge >= 0.3 is 0 Å². The van der Waals surface area contributed by atoms with Gasteiger partial charge in [-0.1, -0.05) is 19.9 Å².